The fourth-order valence-electron chi connectivity index (χ4n) is 1.95. The van der Waals surface area contributed by atoms with Gasteiger partial charge in [0.25, 0.3) is 0 Å². The number of piperidine rings is 1. The molecule has 2 rings (SSSR count). The predicted octanol–water partition coefficient (Wildman–Crippen LogP) is 1.28. The molecular formula is C11H17N3O. The first-order valence-electron chi connectivity index (χ1n) is 5.29. The lowest BCUT2D eigenvalue weighted by Crippen LogP contribution is -2.39. The van der Waals surface area contributed by atoms with Gasteiger partial charge in [-0.05, 0) is 18.9 Å². The third-order valence-corrected chi connectivity index (χ3v) is 2.81. The van der Waals surface area contributed by atoms with Gasteiger partial charge >= 0.3 is 0 Å². The molecule has 0 bridgehead atoms. The summed E-state index contributed by atoms with van der Waals surface area (Å²) in [4.78, 5) is 6.55. The zero-order valence-corrected chi connectivity index (χ0v) is 9.02. The summed E-state index contributed by atoms with van der Waals surface area (Å²) >= 11 is 0. The van der Waals surface area contributed by atoms with Crippen LogP contribution in [0.2, 0.25) is 0 Å². The Morgan fingerprint density at radius 1 is 1.60 bits per heavy atom. The van der Waals surface area contributed by atoms with Crippen LogP contribution < -0.4 is 10.6 Å². The predicted molar refractivity (Wildman–Crippen MR) is 60.9 cm³/mol. The van der Waals surface area contributed by atoms with Gasteiger partial charge in [-0.3, -0.25) is 0 Å². The van der Waals surface area contributed by atoms with Gasteiger partial charge in [0, 0.05) is 38.1 Å². The third-order valence-electron chi connectivity index (χ3n) is 2.81. The Hall–Kier alpha value is -1.29. The Kier molecular flexibility index (Phi) is 3.06. The molecule has 1 aliphatic heterocycles. The van der Waals surface area contributed by atoms with Crippen molar-refractivity contribution in [2.75, 3.05) is 30.8 Å². The lowest BCUT2D eigenvalue weighted by molar-refractivity contribution is 0.0891. The molecule has 2 N–H and O–H groups in total. The van der Waals surface area contributed by atoms with Crippen LogP contribution in [0.1, 0.15) is 12.8 Å². The van der Waals surface area contributed by atoms with Crippen molar-refractivity contribution in [2.45, 2.75) is 18.9 Å². The molecule has 82 valence electrons. The summed E-state index contributed by atoms with van der Waals surface area (Å²) in [7, 11) is 1.76. The van der Waals surface area contributed by atoms with Gasteiger partial charge in [-0.2, -0.15) is 0 Å². The SMILES string of the molecule is COC1CCCN(c2cc(N)ccn2)C1. The quantitative estimate of drug-likeness (QED) is 0.793. The highest BCUT2D eigenvalue weighted by Crippen LogP contribution is 2.20. The summed E-state index contributed by atoms with van der Waals surface area (Å²) in [6, 6.07) is 3.72. The molecule has 0 radical (unpaired) electrons. The second kappa shape index (κ2) is 4.49. The molecule has 4 heteroatoms. The average Bonchev–Trinajstić information content (AvgIpc) is 2.29. The molecule has 0 spiro atoms. The smallest absolute Gasteiger partial charge is 0.130 e. The first-order valence-corrected chi connectivity index (χ1v) is 5.29. The number of ether oxygens (including phenoxy) is 1. The van der Waals surface area contributed by atoms with Crippen LogP contribution in [0.25, 0.3) is 0 Å². The largest absolute Gasteiger partial charge is 0.399 e. The van der Waals surface area contributed by atoms with Crippen molar-refractivity contribution < 1.29 is 4.74 Å². The van der Waals surface area contributed by atoms with Gasteiger partial charge in [0.2, 0.25) is 0 Å². The van der Waals surface area contributed by atoms with Crippen LogP contribution in [-0.4, -0.2) is 31.3 Å². The third kappa shape index (κ3) is 2.39. The lowest BCUT2D eigenvalue weighted by Gasteiger charge is -2.32. The topological polar surface area (TPSA) is 51.4 Å². The Balaban J connectivity index is 2.09. The minimum atomic E-state index is 0.321. The van der Waals surface area contributed by atoms with E-state index in [-0.39, 0.29) is 0 Å². The fourth-order valence-corrected chi connectivity index (χ4v) is 1.95. The van der Waals surface area contributed by atoms with Crippen molar-refractivity contribution in [3.63, 3.8) is 0 Å². The van der Waals surface area contributed by atoms with Crippen molar-refractivity contribution in [3.8, 4) is 0 Å². The Morgan fingerprint density at radius 3 is 3.20 bits per heavy atom. The molecular weight excluding hydrogens is 190 g/mol. The summed E-state index contributed by atoms with van der Waals surface area (Å²) in [5, 5.41) is 0. The Morgan fingerprint density at radius 2 is 2.47 bits per heavy atom. The first kappa shape index (κ1) is 10.2. The first-order chi connectivity index (χ1) is 7.29. The summed E-state index contributed by atoms with van der Waals surface area (Å²) in [5.74, 6) is 0.955. The van der Waals surface area contributed by atoms with Crippen LogP contribution in [0.4, 0.5) is 11.5 Å². The molecule has 15 heavy (non-hydrogen) atoms. The van der Waals surface area contributed by atoms with Gasteiger partial charge in [0.1, 0.15) is 5.82 Å². The number of hydrogen-bond donors (Lipinski definition) is 1. The number of aromatic nitrogens is 1. The van der Waals surface area contributed by atoms with E-state index in [1.165, 1.54) is 0 Å². The number of nitrogens with two attached hydrogens (primary N) is 1. The number of pyridine rings is 1. The number of nitrogens with zero attached hydrogens (tertiary/aromatic N) is 2. The molecule has 0 aliphatic carbocycles. The highest BCUT2D eigenvalue weighted by Gasteiger charge is 2.20. The summed E-state index contributed by atoms with van der Waals surface area (Å²) < 4.78 is 5.37. The van der Waals surface area contributed by atoms with Crippen LogP contribution in [0.3, 0.4) is 0 Å². The van der Waals surface area contributed by atoms with Crippen LogP contribution in [0, 0.1) is 0 Å². The minimum Gasteiger partial charge on any atom is -0.399 e. The number of methoxy groups -OCH3 is 1. The molecule has 2 heterocycles. The lowest BCUT2D eigenvalue weighted by atomic mass is 10.1. The fraction of sp³-hybridized carbons (Fsp3) is 0.545. The molecule has 0 amide bonds. The van der Waals surface area contributed by atoms with Gasteiger partial charge in [0.15, 0.2) is 0 Å². The van der Waals surface area contributed by atoms with E-state index in [9.17, 15) is 0 Å². The number of anilines is 2. The Bertz CT molecular complexity index is 329. The average molecular weight is 207 g/mol. The highest BCUT2D eigenvalue weighted by atomic mass is 16.5. The molecule has 1 saturated heterocycles. The molecule has 0 aromatic carbocycles. The van der Waals surface area contributed by atoms with E-state index in [0.717, 1.165) is 37.4 Å². The molecule has 1 fully saturated rings. The monoisotopic (exact) mass is 207 g/mol. The van der Waals surface area contributed by atoms with Gasteiger partial charge in [-0.1, -0.05) is 0 Å². The number of nitrogen functional groups attached to an aromatic ring is 1. The van der Waals surface area contributed by atoms with Crippen LogP contribution in [-0.2, 0) is 4.74 Å². The summed E-state index contributed by atoms with van der Waals surface area (Å²) in [6.45, 7) is 1.95. The van der Waals surface area contributed by atoms with E-state index in [1.54, 1.807) is 19.4 Å². The summed E-state index contributed by atoms with van der Waals surface area (Å²) in [5.41, 5.74) is 6.50. The molecule has 1 atom stereocenters. The van der Waals surface area contributed by atoms with E-state index < -0.39 is 0 Å². The maximum atomic E-state index is 5.73. The Labute approximate surface area is 90.0 Å². The van der Waals surface area contributed by atoms with Gasteiger partial charge in [-0.15, -0.1) is 0 Å². The number of rotatable bonds is 2. The van der Waals surface area contributed by atoms with E-state index in [1.807, 2.05) is 6.07 Å². The normalized spacial score (nSPS) is 21.7. The molecule has 1 aromatic heterocycles. The van der Waals surface area contributed by atoms with Gasteiger partial charge in [0.05, 0.1) is 6.10 Å². The van der Waals surface area contributed by atoms with Crippen LogP contribution >= 0.6 is 0 Å². The van der Waals surface area contributed by atoms with Gasteiger partial charge in [-0.25, -0.2) is 4.98 Å². The van der Waals surface area contributed by atoms with Crippen molar-refractivity contribution in [2.24, 2.45) is 0 Å². The van der Waals surface area contributed by atoms with Crippen LogP contribution in [0.15, 0.2) is 18.3 Å². The zero-order valence-electron chi connectivity index (χ0n) is 9.02. The van der Waals surface area contributed by atoms with Crippen LogP contribution in [0.5, 0.6) is 0 Å². The van der Waals surface area contributed by atoms with Crippen molar-refractivity contribution in [1.82, 2.24) is 4.98 Å². The van der Waals surface area contributed by atoms with E-state index in [0.29, 0.717) is 6.10 Å². The zero-order chi connectivity index (χ0) is 10.7. The second-order valence-corrected chi connectivity index (χ2v) is 3.89. The van der Waals surface area contributed by atoms with E-state index in [2.05, 4.69) is 9.88 Å². The molecule has 4 nitrogen and oxygen atoms in total. The summed E-state index contributed by atoms with van der Waals surface area (Å²) in [6.07, 6.45) is 4.35. The van der Waals surface area contributed by atoms with E-state index >= 15 is 0 Å². The van der Waals surface area contributed by atoms with Crippen molar-refractivity contribution in [3.05, 3.63) is 18.3 Å². The molecule has 1 aliphatic rings. The maximum absolute atomic E-state index is 5.73. The molecule has 1 aromatic rings. The van der Waals surface area contributed by atoms with Gasteiger partial charge < -0.3 is 15.4 Å². The van der Waals surface area contributed by atoms with Crippen molar-refractivity contribution >= 4 is 11.5 Å². The maximum Gasteiger partial charge on any atom is 0.130 e. The highest BCUT2D eigenvalue weighted by molar-refractivity contribution is 5.50. The van der Waals surface area contributed by atoms with E-state index in [4.69, 9.17) is 10.5 Å². The number of hydrogen-bond acceptors (Lipinski definition) is 4. The standard InChI is InChI=1S/C11H17N3O/c1-15-10-3-2-6-14(8-10)11-7-9(12)4-5-13-11/h4-5,7,10H,2-3,6,8H2,1H3,(H2,12,13). The molecule has 0 saturated carbocycles. The van der Waals surface area contributed by atoms with Crippen molar-refractivity contribution in [1.29, 1.82) is 0 Å². The second-order valence-electron chi connectivity index (χ2n) is 3.89. The molecule has 1 unspecified atom stereocenters. The minimum absolute atomic E-state index is 0.321.